The highest BCUT2D eigenvalue weighted by molar-refractivity contribution is 7.12. The van der Waals surface area contributed by atoms with E-state index < -0.39 is 0 Å². The second-order valence-electron chi connectivity index (χ2n) is 5.79. The van der Waals surface area contributed by atoms with Crippen molar-refractivity contribution in [3.8, 4) is 11.3 Å². The van der Waals surface area contributed by atoms with Crippen LogP contribution in [0.25, 0.3) is 33.1 Å². The standard InChI is InChI=1S/C19H18N2S/c1-4-13-10-16(12(3)22-13)18-19-15(7-8-20-18)14-6-5-11(2)9-17(14)21-19/h5-10,21H,4H2,1-3H3. The SMILES string of the molecule is CCc1cc(-c2nccc3c2[nH]c2cc(C)ccc23)c(C)s1. The molecule has 4 aromatic rings. The molecule has 0 amide bonds. The molecule has 0 bridgehead atoms. The van der Waals surface area contributed by atoms with E-state index in [1.165, 1.54) is 37.2 Å². The van der Waals surface area contributed by atoms with Crippen LogP contribution >= 0.6 is 11.3 Å². The first kappa shape index (κ1) is 13.5. The Balaban J connectivity index is 2.05. The molecule has 0 saturated carbocycles. The number of benzene rings is 1. The lowest BCUT2D eigenvalue weighted by atomic mass is 10.1. The number of aryl methyl sites for hydroxylation is 3. The third kappa shape index (κ3) is 1.97. The fraction of sp³-hybridized carbons (Fsp3) is 0.211. The number of hydrogen-bond donors (Lipinski definition) is 1. The summed E-state index contributed by atoms with van der Waals surface area (Å²) in [6.07, 6.45) is 3.00. The Kier molecular flexibility index (Phi) is 3.05. The molecule has 0 saturated heterocycles. The second-order valence-corrected chi connectivity index (χ2v) is 7.13. The first-order valence-electron chi connectivity index (χ1n) is 7.64. The van der Waals surface area contributed by atoms with Crippen molar-refractivity contribution in [1.82, 2.24) is 9.97 Å². The lowest BCUT2D eigenvalue weighted by Crippen LogP contribution is -1.85. The smallest absolute Gasteiger partial charge is 0.0954 e. The van der Waals surface area contributed by atoms with E-state index in [0.717, 1.165) is 17.6 Å². The number of pyridine rings is 1. The molecule has 4 rings (SSSR count). The molecule has 1 aromatic carbocycles. The highest BCUT2D eigenvalue weighted by Gasteiger charge is 2.14. The van der Waals surface area contributed by atoms with Gasteiger partial charge in [0.25, 0.3) is 0 Å². The molecule has 0 aliphatic carbocycles. The van der Waals surface area contributed by atoms with Gasteiger partial charge < -0.3 is 4.98 Å². The van der Waals surface area contributed by atoms with Crippen LogP contribution in [-0.4, -0.2) is 9.97 Å². The van der Waals surface area contributed by atoms with Crippen LogP contribution in [0.5, 0.6) is 0 Å². The van der Waals surface area contributed by atoms with E-state index in [0.29, 0.717) is 0 Å². The normalized spacial score (nSPS) is 11.6. The van der Waals surface area contributed by atoms with E-state index in [1.807, 2.05) is 17.5 Å². The Morgan fingerprint density at radius 3 is 2.73 bits per heavy atom. The number of hydrogen-bond acceptors (Lipinski definition) is 2. The van der Waals surface area contributed by atoms with Crippen molar-refractivity contribution < 1.29 is 0 Å². The third-order valence-corrected chi connectivity index (χ3v) is 5.44. The van der Waals surface area contributed by atoms with Gasteiger partial charge in [-0.3, -0.25) is 4.98 Å². The van der Waals surface area contributed by atoms with Crippen molar-refractivity contribution in [2.75, 3.05) is 0 Å². The van der Waals surface area contributed by atoms with Gasteiger partial charge in [0.1, 0.15) is 0 Å². The summed E-state index contributed by atoms with van der Waals surface area (Å²) >= 11 is 1.87. The maximum absolute atomic E-state index is 4.68. The molecular weight excluding hydrogens is 288 g/mol. The molecule has 0 unspecified atom stereocenters. The van der Waals surface area contributed by atoms with Gasteiger partial charge in [0.05, 0.1) is 11.2 Å². The average molecular weight is 306 g/mol. The summed E-state index contributed by atoms with van der Waals surface area (Å²) in [5.41, 5.74) is 5.93. The number of H-pyrrole nitrogens is 1. The van der Waals surface area contributed by atoms with Crippen LogP contribution in [0.15, 0.2) is 36.5 Å². The van der Waals surface area contributed by atoms with E-state index in [-0.39, 0.29) is 0 Å². The number of aromatic nitrogens is 2. The van der Waals surface area contributed by atoms with E-state index in [4.69, 9.17) is 0 Å². The average Bonchev–Trinajstić information content (AvgIpc) is 3.06. The predicted molar refractivity (Wildman–Crippen MR) is 95.8 cm³/mol. The van der Waals surface area contributed by atoms with E-state index >= 15 is 0 Å². The molecule has 0 fully saturated rings. The van der Waals surface area contributed by atoms with Crippen molar-refractivity contribution in [2.24, 2.45) is 0 Å². The summed E-state index contributed by atoms with van der Waals surface area (Å²) in [5.74, 6) is 0. The summed E-state index contributed by atoms with van der Waals surface area (Å²) in [4.78, 5) is 11.0. The first-order chi connectivity index (χ1) is 10.7. The molecule has 3 heterocycles. The molecular formula is C19H18N2S. The van der Waals surface area contributed by atoms with Crippen molar-refractivity contribution in [3.05, 3.63) is 51.8 Å². The maximum Gasteiger partial charge on any atom is 0.0954 e. The van der Waals surface area contributed by atoms with Gasteiger partial charge in [-0.2, -0.15) is 0 Å². The van der Waals surface area contributed by atoms with Crippen LogP contribution in [0.2, 0.25) is 0 Å². The predicted octanol–water partition coefficient (Wildman–Crippen LogP) is 5.62. The largest absolute Gasteiger partial charge is 0.353 e. The Morgan fingerprint density at radius 1 is 1.09 bits per heavy atom. The minimum absolute atomic E-state index is 1.07. The molecule has 0 aliphatic heterocycles. The number of rotatable bonds is 2. The highest BCUT2D eigenvalue weighted by Crippen LogP contribution is 2.36. The Hall–Kier alpha value is -2.13. The number of thiophene rings is 1. The molecule has 0 aliphatic rings. The van der Waals surface area contributed by atoms with E-state index in [9.17, 15) is 0 Å². The van der Waals surface area contributed by atoms with Crippen LogP contribution in [0.3, 0.4) is 0 Å². The molecule has 0 radical (unpaired) electrons. The summed E-state index contributed by atoms with van der Waals surface area (Å²) in [7, 11) is 0. The van der Waals surface area contributed by atoms with Gasteiger partial charge in [-0.1, -0.05) is 19.1 Å². The van der Waals surface area contributed by atoms with Gasteiger partial charge in [-0.15, -0.1) is 11.3 Å². The zero-order valence-corrected chi connectivity index (χ0v) is 13.8. The minimum Gasteiger partial charge on any atom is -0.353 e. The number of nitrogens with one attached hydrogen (secondary N) is 1. The van der Waals surface area contributed by atoms with Crippen molar-refractivity contribution in [2.45, 2.75) is 27.2 Å². The van der Waals surface area contributed by atoms with E-state index in [2.05, 4.69) is 61.1 Å². The third-order valence-electron chi connectivity index (χ3n) is 4.25. The lowest BCUT2D eigenvalue weighted by molar-refractivity contribution is 1.19. The maximum atomic E-state index is 4.68. The van der Waals surface area contributed by atoms with Gasteiger partial charge in [-0.25, -0.2) is 0 Å². The van der Waals surface area contributed by atoms with Crippen LogP contribution in [0.4, 0.5) is 0 Å². The molecule has 0 atom stereocenters. The zero-order valence-electron chi connectivity index (χ0n) is 13.0. The van der Waals surface area contributed by atoms with E-state index in [1.54, 1.807) is 0 Å². The van der Waals surface area contributed by atoms with Crippen LogP contribution < -0.4 is 0 Å². The number of nitrogens with zero attached hydrogens (tertiary/aromatic N) is 1. The summed E-state index contributed by atoms with van der Waals surface area (Å²) in [5, 5.41) is 2.52. The Labute approximate surface area is 133 Å². The molecule has 22 heavy (non-hydrogen) atoms. The molecule has 1 N–H and O–H groups in total. The first-order valence-corrected chi connectivity index (χ1v) is 8.45. The minimum atomic E-state index is 1.07. The quantitative estimate of drug-likeness (QED) is 0.511. The van der Waals surface area contributed by atoms with Crippen LogP contribution in [-0.2, 0) is 6.42 Å². The molecule has 2 nitrogen and oxygen atoms in total. The van der Waals surface area contributed by atoms with Crippen LogP contribution in [0.1, 0.15) is 22.2 Å². The van der Waals surface area contributed by atoms with Gasteiger partial charge in [0.2, 0.25) is 0 Å². The van der Waals surface area contributed by atoms with Gasteiger partial charge in [-0.05, 0) is 44.0 Å². The van der Waals surface area contributed by atoms with Gasteiger partial charge in [0.15, 0.2) is 0 Å². The second kappa shape index (κ2) is 4.96. The molecule has 0 spiro atoms. The highest BCUT2D eigenvalue weighted by atomic mass is 32.1. The Bertz CT molecular complexity index is 991. The molecule has 110 valence electrons. The summed E-state index contributed by atoms with van der Waals surface area (Å²) in [6.45, 7) is 6.52. The number of aromatic amines is 1. The van der Waals surface area contributed by atoms with Crippen molar-refractivity contribution in [1.29, 1.82) is 0 Å². The van der Waals surface area contributed by atoms with Crippen molar-refractivity contribution in [3.63, 3.8) is 0 Å². The molecule has 3 aromatic heterocycles. The van der Waals surface area contributed by atoms with Gasteiger partial charge >= 0.3 is 0 Å². The number of fused-ring (bicyclic) bond motifs is 3. The monoisotopic (exact) mass is 306 g/mol. The zero-order chi connectivity index (χ0) is 15.3. The topological polar surface area (TPSA) is 28.7 Å². The summed E-state index contributed by atoms with van der Waals surface area (Å²) < 4.78 is 0. The van der Waals surface area contributed by atoms with Gasteiger partial charge in [0, 0.05) is 37.8 Å². The lowest BCUT2D eigenvalue weighted by Gasteiger charge is -2.01. The Morgan fingerprint density at radius 2 is 1.95 bits per heavy atom. The van der Waals surface area contributed by atoms with Crippen LogP contribution in [0, 0.1) is 13.8 Å². The fourth-order valence-corrected chi connectivity index (χ4v) is 4.08. The summed E-state index contributed by atoms with van der Waals surface area (Å²) in [6, 6.07) is 11.0. The fourth-order valence-electron chi connectivity index (χ4n) is 3.10. The van der Waals surface area contributed by atoms with Crippen molar-refractivity contribution >= 4 is 33.1 Å². The molecule has 3 heteroatoms.